The van der Waals surface area contributed by atoms with Gasteiger partial charge in [0.15, 0.2) is 6.10 Å². The zero-order valence-corrected chi connectivity index (χ0v) is 13.7. The van der Waals surface area contributed by atoms with Crippen LogP contribution in [0.4, 0.5) is 5.82 Å². The summed E-state index contributed by atoms with van der Waals surface area (Å²) in [4.78, 5) is 31.8. The first-order chi connectivity index (χ1) is 11.6. The molecule has 1 aromatic rings. The van der Waals surface area contributed by atoms with E-state index in [1.807, 2.05) is 6.07 Å². The lowest BCUT2D eigenvalue weighted by Crippen LogP contribution is -2.48. The Labute approximate surface area is 141 Å². The topological polar surface area (TPSA) is 83.0 Å². The molecule has 2 saturated heterocycles. The van der Waals surface area contributed by atoms with Crippen molar-refractivity contribution in [1.82, 2.24) is 9.88 Å². The van der Waals surface area contributed by atoms with E-state index in [0.29, 0.717) is 12.1 Å². The molecule has 0 bridgehead atoms. The number of carboxylic acids is 1. The molecule has 3 rings (SSSR count). The van der Waals surface area contributed by atoms with Crippen molar-refractivity contribution in [2.45, 2.75) is 31.8 Å². The van der Waals surface area contributed by atoms with Crippen molar-refractivity contribution in [2.24, 2.45) is 0 Å². The Morgan fingerprint density at radius 2 is 1.88 bits per heavy atom. The maximum absolute atomic E-state index is 12.5. The number of aromatic nitrogens is 1. The van der Waals surface area contributed by atoms with Crippen molar-refractivity contribution >= 4 is 17.7 Å². The number of carbonyl (C=O) groups is 2. The molecular formula is C17H23N3O4. The molecule has 0 aliphatic carbocycles. The molecule has 1 unspecified atom stereocenters. The van der Waals surface area contributed by atoms with Crippen LogP contribution >= 0.6 is 0 Å². The van der Waals surface area contributed by atoms with Gasteiger partial charge in [0, 0.05) is 25.8 Å². The molecule has 130 valence electrons. The number of hydrogen-bond acceptors (Lipinski definition) is 5. The Balaban J connectivity index is 1.66. The lowest BCUT2D eigenvalue weighted by Gasteiger charge is -2.31. The molecule has 1 N–H and O–H groups in total. The van der Waals surface area contributed by atoms with E-state index >= 15 is 0 Å². The fraction of sp³-hybridized carbons (Fsp3) is 0.588. The summed E-state index contributed by atoms with van der Waals surface area (Å²) in [5.41, 5.74) is 0.486. The summed E-state index contributed by atoms with van der Waals surface area (Å²) < 4.78 is 5.15. The van der Waals surface area contributed by atoms with Gasteiger partial charge in [0.1, 0.15) is 5.82 Å². The van der Waals surface area contributed by atoms with Gasteiger partial charge in [-0.05, 0) is 25.0 Å². The van der Waals surface area contributed by atoms with Gasteiger partial charge >= 0.3 is 5.97 Å². The summed E-state index contributed by atoms with van der Waals surface area (Å²) in [5.74, 6) is -0.333. The van der Waals surface area contributed by atoms with Gasteiger partial charge in [-0.1, -0.05) is 12.8 Å². The Hall–Kier alpha value is -2.15. The number of rotatable bonds is 3. The van der Waals surface area contributed by atoms with Gasteiger partial charge in [-0.15, -0.1) is 0 Å². The summed E-state index contributed by atoms with van der Waals surface area (Å²) in [6, 6.07) is 3.66. The van der Waals surface area contributed by atoms with Crippen LogP contribution < -0.4 is 4.90 Å². The molecule has 2 aliphatic rings. The zero-order chi connectivity index (χ0) is 16.9. The molecule has 7 nitrogen and oxygen atoms in total. The summed E-state index contributed by atoms with van der Waals surface area (Å²) >= 11 is 0. The van der Waals surface area contributed by atoms with Crippen molar-refractivity contribution in [3.8, 4) is 0 Å². The third kappa shape index (κ3) is 3.84. The van der Waals surface area contributed by atoms with Crippen LogP contribution in [-0.4, -0.2) is 65.8 Å². The summed E-state index contributed by atoms with van der Waals surface area (Å²) in [5, 5.41) is 9.03. The highest BCUT2D eigenvalue weighted by Gasteiger charge is 2.29. The minimum atomic E-state index is -1.04. The number of amides is 1. The number of aliphatic carboxylic acids is 1. The molecule has 0 aromatic carbocycles. The molecule has 0 saturated carbocycles. The fourth-order valence-corrected chi connectivity index (χ4v) is 3.17. The third-order valence-electron chi connectivity index (χ3n) is 4.55. The van der Waals surface area contributed by atoms with Gasteiger partial charge in [0.05, 0.1) is 18.7 Å². The Kier molecular flexibility index (Phi) is 5.30. The number of hydrogen-bond donors (Lipinski definition) is 1. The largest absolute Gasteiger partial charge is 0.479 e. The highest BCUT2D eigenvalue weighted by atomic mass is 16.5. The predicted molar refractivity (Wildman–Crippen MR) is 88.2 cm³/mol. The van der Waals surface area contributed by atoms with Gasteiger partial charge in [0.25, 0.3) is 5.91 Å². The molecular weight excluding hydrogens is 310 g/mol. The van der Waals surface area contributed by atoms with Crippen molar-refractivity contribution in [3.63, 3.8) is 0 Å². The number of carboxylic acid groups (broad SMARTS) is 1. The van der Waals surface area contributed by atoms with Gasteiger partial charge < -0.3 is 19.6 Å². The molecule has 0 radical (unpaired) electrons. The molecule has 3 heterocycles. The van der Waals surface area contributed by atoms with E-state index in [9.17, 15) is 9.59 Å². The van der Waals surface area contributed by atoms with E-state index in [1.54, 1.807) is 12.3 Å². The maximum Gasteiger partial charge on any atom is 0.334 e. The minimum Gasteiger partial charge on any atom is -0.479 e. The van der Waals surface area contributed by atoms with E-state index < -0.39 is 12.1 Å². The average molecular weight is 333 g/mol. The predicted octanol–water partition coefficient (Wildman–Crippen LogP) is 1.39. The first-order valence-corrected chi connectivity index (χ1v) is 8.50. The quantitative estimate of drug-likeness (QED) is 0.900. The van der Waals surface area contributed by atoms with Crippen molar-refractivity contribution in [1.29, 1.82) is 0 Å². The van der Waals surface area contributed by atoms with Gasteiger partial charge in [-0.3, -0.25) is 4.79 Å². The first-order valence-electron chi connectivity index (χ1n) is 8.50. The zero-order valence-electron chi connectivity index (χ0n) is 13.7. The summed E-state index contributed by atoms with van der Waals surface area (Å²) in [6.07, 6.45) is 5.50. The Morgan fingerprint density at radius 3 is 2.50 bits per heavy atom. The van der Waals surface area contributed by atoms with Crippen LogP contribution in [0.1, 0.15) is 36.0 Å². The van der Waals surface area contributed by atoms with Crippen LogP contribution in [0.3, 0.4) is 0 Å². The van der Waals surface area contributed by atoms with Crippen LogP contribution in [0.25, 0.3) is 0 Å². The summed E-state index contributed by atoms with van der Waals surface area (Å²) in [7, 11) is 0. The molecule has 1 aromatic heterocycles. The van der Waals surface area contributed by atoms with E-state index in [4.69, 9.17) is 9.84 Å². The highest BCUT2D eigenvalue weighted by Crippen LogP contribution is 2.18. The Morgan fingerprint density at radius 1 is 1.12 bits per heavy atom. The summed E-state index contributed by atoms with van der Waals surface area (Å²) in [6.45, 7) is 2.72. The van der Waals surface area contributed by atoms with Gasteiger partial charge in [0.2, 0.25) is 0 Å². The van der Waals surface area contributed by atoms with Crippen molar-refractivity contribution < 1.29 is 19.4 Å². The second-order valence-corrected chi connectivity index (χ2v) is 6.26. The third-order valence-corrected chi connectivity index (χ3v) is 4.55. The van der Waals surface area contributed by atoms with Crippen molar-refractivity contribution in [2.75, 3.05) is 37.7 Å². The van der Waals surface area contributed by atoms with Gasteiger partial charge in [-0.2, -0.15) is 0 Å². The van der Waals surface area contributed by atoms with Crippen LogP contribution in [0.2, 0.25) is 0 Å². The molecule has 1 amide bonds. The molecule has 7 heteroatoms. The standard InChI is InChI=1S/C17H23N3O4/c21-16(20-9-10-24-14(12-20)17(22)23)13-5-6-15(18-11-13)19-7-3-1-2-4-8-19/h5-6,11,14H,1-4,7-10,12H2,(H,22,23). The lowest BCUT2D eigenvalue weighted by atomic mass is 10.2. The lowest BCUT2D eigenvalue weighted by molar-refractivity contribution is -0.154. The molecule has 2 fully saturated rings. The molecule has 2 aliphatic heterocycles. The van der Waals surface area contributed by atoms with E-state index in [1.165, 1.54) is 30.6 Å². The normalized spacial score (nSPS) is 22.1. The SMILES string of the molecule is O=C(O)C1CN(C(=O)c2ccc(N3CCCCCC3)nc2)CCO1. The first kappa shape index (κ1) is 16.7. The number of morpholine rings is 1. The van der Waals surface area contributed by atoms with Crippen LogP contribution in [0.5, 0.6) is 0 Å². The number of ether oxygens (including phenoxy) is 1. The maximum atomic E-state index is 12.5. The van der Waals surface area contributed by atoms with E-state index in [0.717, 1.165) is 18.9 Å². The van der Waals surface area contributed by atoms with Crippen LogP contribution in [0.15, 0.2) is 18.3 Å². The average Bonchev–Trinajstić information content (AvgIpc) is 2.91. The van der Waals surface area contributed by atoms with Crippen LogP contribution in [0, 0.1) is 0 Å². The number of pyridine rings is 1. The minimum absolute atomic E-state index is 0.0715. The molecule has 0 spiro atoms. The number of nitrogens with zero attached hydrogens (tertiary/aromatic N) is 3. The molecule has 24 heavy (non-hydrogen) atoms. The van der Waals surface area contributed by atoms with Crippen LogP contribution in [-0.2, 0) is 9.53 Å². The smallest absolute Gasteiger partial charge is 0.334 e. The number of anilines is 1. The monoisotopic (exact) mass is 333 g/mol. The molecule has 1 atom stereocenters. The highest BCUT2D eigenvalue weighted by molar-refractivity contribution is 5.94. The fourth-order valence-electron chi connectivity index (χ4n) is 3.17. The number of carbonyl (C=O) groups excluding carboxylic acids is 1. The van der Waals surface area contributed by atoms with E-state index in [2.05, 4.69) is 9.88 Å². The van der Waals surface area contributed by atoms with Crippen molar-refractivity contribution in [3.05, 3.63) is 23.9 Å². The Bertz CT molecular complexity index is 582. The second kappa shape index (κ2) is 7.61. The van der Waals surface area contributed by atoms with E-state index in [-0.39, 0.29) is 19.1 Å². The second-order valence-electron chi connectivity index (χ2n) is 6.26. The van der Waals surface area contributed by atoms with Gasteiger partial charge in [-0.25, -0.2) is 9.78 Å².